The van der Waals surface area contributed by atoms with Gasteiger partial charge in [0.05, 0.1) is 31.3 Å². The smallest absolute Gasteiger partial charge is 0.233 e. The molecule has 1 saturated heterocycles. The number of morpholine rings is 1. The summed E-state index contributed by atoms with van der Waals surface area (Å²) in [5.41, 5.74) is 0.900. The van der Waals surface area contributed by atoms with Crippen molar-refractivity contribution >= 4 is 17.7 Å². The molecule has 1 fully saturated rings. The lowest BCUT2D eigenvalue weighted by Crippen LogP contribution is -2.46. The molecule has 0 spiro atoms. The fraction of sp³-hybridized carbons (Fsp3) is 0.471. The molecule has 0 aliphatic carbocycles. The maximum Gasteiger partial charge on any atom is 0.233 e. The van der Waals surface area contributed by atoms with Gasteiger partial charge in [0.15, 0.2) is 5.16 Å². The molecule has 1 aromatic carbocycles. The number of carbonyl (C=O) groups is 1. The first-order chi connectivity index (χ1) is 12.2. The van der Waals surface area contributed by atoms with Crippen molar-refractivity contribution in [2.45, 2.75) is 24.6 Å². The van der Waals surface area contributed by atoms with Crippen LogP contribution in [0.3, 0.4) is 0 Å². The van der Waals surface area contributed by atoms with E-state index in [-0.39, 0.29) is 12.0 Å². The summed E-state index contributed by atoms with van der Waals surface area (Å²) in [6.07, 6.45) is 2.70. The summed E-state index contributed by atoms with van der Waals surface area (Å²) in [5.74, 6) is 1.20. The summed E-state index contributed by atoms with van der Waals surface area (Å²) in [7, 11) is 1.63. The highest BCUT2D eigenvalue weighted by molar-refractivity contribution is 7.99. The highest BCUT2D eigenvalue weighted by Gasteiger charge is 2.23. The molecular weight excluding hydrogens is 340 g/mol. The third-order valence-electron chi connectivity index (χ3n) is 4.12. The van der Waals surface area contributed by atoms with Gasteiger partial charge in [0, 0.05) is 19.2 Å². The minimum Gasteiger partial charge on any atom is -0.497 e. The van der Waals surface area contributed by atoms with Crippen molar-refractivity contribution in [2.24, 2.45) is 0 Å². The van der Waals surface area contributed by atoms with E-state index in [4.69, 9.17) is 9.47 Å². The molecule has 134 valence electrons. The van der Waals surface area contributed by atoms with Gasteiger partial charge in [-0.05, 0) is 18.6 Å². The second-order valence-corrected chi connectivity index (χ2v) is 6.66. The van der Waals surface area contributed by atoms with Crippen LogP contribution in [0, 0.1) is 0 Å². The van der Waals surface area contributed by atoms with Gasteiger partial charge in [-0.1, -0.05) is 24.8 Å². The van der Waals surface area contributed by atoms with Gasteiger partial charge in [-0.2, -0.15) is 0 Å². The maximum absolute atomic E-state index is 12.5. The van der Waals surface area contributed by atoms with Crippen LogP contribution in [0.1, 0.15) is 13.3 Å². The first kappa shape index (κ1) is 17.8. The number of carbonyl (C=O) groups excluding carboxylic acids is 1. The predicted octanol–water partition coefficient (Wildman–Crippen LogP) is 2.01. The van der Waals surface area contributed by atoms with Crippen LogP contribution in [-0.2, 0) is 9.53 Å². The highest BCUT2D eigenvalue weighted by Crippen LogP contribution is 2.23. The maximum atomic E-state index is 12.5. The van der Waals surface area contributed by atoms with Crippen LogP contribution < -0.4 is 4.74 Å². The van der Waals surface area contributed by atoms with Crippen LogP contribution in [0.5, 0.6) is 5.75 Å². The fourth-order valence-electron chi connectivity index (χ4n) is 2.67. The quantitative estimate of drug-likeness (QED) is 0.732. The van der Waals surface area contributed by atoms with E-state index in [1.807, 2.05) is 33.7 Å². The van der Waals surface area contributed by atoms with E-state index in [2.05, 4.69) is 17.1 Å². The molecule has 1 aliphatic rings. The van der Waals surface area contributed by atoms with E-state index in [0.717, 1.165) is 17.9 Å². The molecule has 25 heavy (non-hydrogen) atoms. The second-order valence-electron chi connectivity index (χ2n) is 5.71. The molecule has 0 N–H and O–H groups in total. The van der Waals surface area contributed by atoms with Crippen molar-refractivity contribution < 1.29 is 14.3 Å². The molecule has 1 aliphatic heterocycles. The Hall–Kier alpha value is -2.06. The van der Waals surface area contributed by atoms with E-state index in [1.54, 1.807) is 13.4 Å². The first-order valence-electron chi connectivity index (χ1n) is 8.28. The topological polar surface area (TPSA) is 69.5 Å². The minimum absolute atomic E-state index is 0.104. The number of thioether (sulfide) groups is 1. The molecule has 8 heteroatoms. The van der Waals surface area contributed by atoms with Gasteiger partial charge in [0.2, 0.25) is 5.91 Å². The van der Waals surface area contributed by atoms with Crippen LogP contribution in [0.4, 0.5) is 0 Å². The SMILES string of the molecule is CC[C@H]1CN(C(=O)CSc2nncn2-c2cccc(OC)c2)CCO1. The Labute approximate surface area is 151 Å². The predicted molar refractivity (Wildman–Crippen MR) is 95.2 cm³/mol. The van der Waals surface area contributed by atoms with Crippen LogP contribution in [0.2, 0.25) is 0 Å². The molecule has 0 saturated carbocycles. The number of hydrogen-bond acceptors (Lipinski definition) is 6. The van der Waals surface area contributed by atoms with E-state index >= 15 is 0 Å². The average Bonchev–Trinajstić information content (AvgIpc) is 3.14. The highest BCUT2D eigenvalue weighted by atomic mass is 32.2. The second kappa shape index (κ2) is 8.35. The Morgan fingerprint density at radius 1 is 1.48 bits per heavy atom. The molecule has 2 aromatic rings. The molecule has 1 aromatic heterocycles. The lowest BCUT2D eigenvalue weighted by molar-refractivity contribution is -0.135. The summed E-state index contributed by atoms with van der Waals surface area (Å²) in [4.78, 5) is 14.3. The number of amides is 1. The van der Waals surface area contributed by atoms with Crippen molar-refractivity contribution in [1.29, 1.82) is 0 Å². The summed E-state index contributed by atoms with van der Waals surface area (Å²) < 4.78 is 12.7. The van der Waals surface area contributed by atoms with Crippen LogP contribution >= 0.6 is 11.8 Å². The number of methoxy groups -OCH3 is 1. The van der Waals surface area contributed by atoms with E-state index < -0.39 is 0 Å². The van der Waals surface area contributed by atoms with Gasteiger partial charge >= 0.3 is 0 Å². The number of benzene rings is 1. The molecule has 3 rings (SSSR count). The summed E-state index contributed by atoms with van der Waals surface area (Å²) in [5, 5.41) is 8.79. The van der Waals surface area contributed by atoms with Crippen molar-refractivity contribution in [1.82, 2.24) is 19.7 Å². The largest absolute Gasteiger partial charge is 0.497 e. The standard InChI is InChI=1S/C17H22N4O3S/c1-3-14-10-20(7-8-24-14)16(22)11-25-17-19-18-12-21(17)13-5-4-6-15(9-13)23-2/h4-6,9,12,14H,3,7-8,10-11H2,1-2H3/t14-/m0/s1. The molecule has 2 heterocycles. The first-order valence-corrected chi connectivity index (χ1v) is 9.26. The molecular formula is C17H22N4O3S. The van der Waals surface area contributed by atoms with Crippen LogP contribution in [0.15, 0.2) is 35.7 Å². The minimum atomic E-state index is 0.104. The third-order valence-corrected chi connectivity index (χ3v) is 5.05. The lowest BCUT2D eigenvalue weighted by Gasteiger charge is -2.32. The van der Waals surface area contributed by atoms with Crippen LogP contribution in [-0.4, -0.2) is 64.2 Å². The molecule has 0 radical (unpaired) electrons. The molecule has 7 nitrogen and oxygen atoms in total. The Morgan fingerprint density at radius 3 is 3.16 bits per heavy atom. The van der Waals surface area contributed by atoms with Gasteiger partial charge in [0.1, 0.15) is 12.1 Å². The van der Waals surface area contributed by atoms with Crippen LogP contribution in [0.25, 0.3) is 5.69 Å². The zero-order chi connectivity index (χ0) is 17.6. The van der Waals surface area contributed by atoms with Gasteiger partial charge in [-0.15, -0.1) is 10.2 Å². The average molecular weight is 362 g/mol. The van der Waals surface area contributed by atoms with Gasteiger partial charge < -0.3 is 14.4 Å². The molecule has 1 amide bonds. The molecule has 1 atom stereocenters. The van der Waals surface area contributed by atoms with Crippen molar-refractivity contribution in [3.8, 4) is 11.4 Å². The van der Waals surface area contributed by atoms with Gasteiger partial charge in [-0.3, -0.25) is 9.36 Å². The van der Waals surface area contributed by atoms with Crippen molar-refractivity contribution in [3.05, 3.63) is 30.6 Å². The Bertz CT molecular complexity index is 721. The number of hydrogen-bond donors (Lipinski definition) is 0. The monoisotopic (exact) mass is 362 g/mol. The summed E-state index contributed by atoms with van der Waals surface area (Å²) >= 11 is 1.39. The van der Waals surface area contributed by atoms with E-state index in [9.17, 15) is 4.79 Å². The third kappa shape index (κ3) is 4.32. The lowest BCUT2D eigenvalue weighted by atomic mass is 10.2. The molecule has 0 unspecified atom stereocenters. The van der Waals surface area contributed by atoms with Gasteiger partial charge in [-0.25, -0.2) is 0 Å². The number of ether oxygens (including phenoxy) is 2. The number of nitrogens with zero attached hydrogens (tertiary/aromatic N) is 4. The van der Waals surface area contributed by atoms with Gasteiger partial charge in [0.25, 0.3) is 0 Å². The zero-order valence-electron chi connectivity index (χ0n) is 14.4. The summed E-state index contributed by atoms with van der Waals surface area (Å²) in [6, 6.07) is 7.65. The van der Waals surface area contributed by atoms with Crippen molar-refractivity contribution in [3.63, 3.8) is 0 Å². The van der Waals surface area contributed by atoms with Crippen molar-refractivity contribution in [2.75, 3.05) is 32.6 Å². The van der Waals surface area contributed by atoms with E-state index in [0.29, 0.717) is 30.6 Å². The normalized spacial score (nSPS) is 17.5. The number of rotatable bonds is 6. The number of aromatic nitrogens is 3. The Morgan fingerprint density at radius 2 is 2.36 bits per heavy atom. The summed E-state index contributed by atoms with van der Waals surface area (Å²) in [6.45, 7) is 4.00. The molecule has 0 bridgehead atoms. The fourth-order valence-corrected chi connectivity index (χ4v) is 3.50. The Balaban J connectivity index is 1.64. The van der Waals surface area contributed by atoms with E-state index in [1.165, 1.54) is 11.8 Å². The zero-order valence-corrected chi connectivity index (χ0v) is 15.2. The Kier molecular flexibility index (Phi) is 5.93.